The van der Waals surface area contributed by atoms with Crippen molar-refractivity contribution in [3.05, 3.63) is 64.1 Å². The Morgan fingerprint density at radius 3 is 2.57 bits per heavy atom. The van der Waals surface area contributed by atoms with E-state index in [-0.39, 0.29) is 23.5 Å². The molecule has 3 rings (SSSR count). The third-order valence-corrected chi connectivity index (χ3v) is 5.38. The number of ether oxygens (including phenoxy) is 2. The van der Waals surface area contributed by atoms with Crippen LogP contribution in [0.4, 0.5) is 13.2 Å². The van der Waals surface area contributed by atoms with Crippen molar-refractivity contribution < 1.29 is 27.4 Å². The average molecular weight is 519 g/mol. The number of unbranched alkanes of at least 4 members (excludes halogenated alkanes) is 1. The number of aromatic nitrogens is 3. The van der Waals surface area contributed by atoms with Gasteiger partial charge in [0.1, 0.15) is 12.4 Å². The summed E-state index contributed by atoms with van der Waals surface area (Å²) in [6.07, 6.45) is -0.573. The maximum atomic E-state index is 13.8. The number of nitrogens with zero attached hydrogens (tertiary/aromatic N) is 2. The van der Waals surface area contributed by atoms with Crippen LogP contribution in [0, 0.1) is 0 Å². The monoisotopic (exact) mass is 518 g/mol. The van der Waals surface area contributed by atoms with Crippen molar-refractivity contribution in [1.82, 2.24) is 15.0 Å². The number of benzene rings is 1. The molecule has 8 nitrogen and oxygen atoms in total. The van der Waals surface area contributed by atoms with Crippen molar-refractivity contribution in [3.8, 4) is 28.5 Å². The molecule has 0 bridgehead atoms. The van der Waals surface area contributed by atoms with Crippen molar-refractivity contribution in [2.45, 2.75) is 45.2 Å². The number of nitrogens with two attached hydrogens (primary N) is 1. The number of primary amides is 1. The SMILES string of the molecule is CCCOCCOc1ccc(-c2cc(=O)[nH]c(-c3cc(CCCCC(N)=O)ccc3C(F)(F)F)n2)cn1. The maximum absolute atomic E-state index is 13.8. The number of rotatable bonds is 13. The highest BCUT2D eigenvalue weighted by Gasteiger charge is 2.34. The summed E-state index contributed by atoms with van der Waals surface area (Å²) in [5.41, 5.74) is 4.61. The number of aromatic amines is 1. The number of carbonyl (C=O) groups is 1. The van der Waals surface area contributed by atoms with E-state index in [0.717, 1.165) is 12.5 Å². The van der Waals surface area contributed by atoms with Gasteiger partial charge in [-0.15, -0.1) is 0 Å². The second-order valence-electron chi connectivity index (χ2n) is 8.38. The maximum Gasteiger partial charge on any atom is 0.417 e. The van der Waals surface area contributed by atoms with Crippen LogP contribution in [0.2, 0.25) is 0 Å². The molecular weight excluding hydrogens is 489 g/mol. The number of aryl methyl sites for hydroxylation is 1. The largest absolute Gasteiger partial charge is 0.475 e. The van der Waals surface area contributed by atoms with Crippen molar-refractivity contribution in [1.29, 1.82) is 0 Å². The predicted molar refractivity (Wildman–Crippen MR) is 132 cm³/mol. The van der Waals surface area contributed by atoms with Gasteiger partial charge in [0.05, 0.1) is 17.9 Å². The Hall–Kier alpha value is -3.73. The van der Waals surface area contributed by atoms with Crippen molar-refractivity contribution >= 4 is 5.91 Å². The average Bonchev–Trinajstić information content (AvgIpc) is 2.85. The van der Waals surface area contributed by atoms with Gasteiger partial charge in [-0.25, -0.2) is 9.97 Å². The van der Waals surface area contributed by atoms with Gasteiger partial charge in [0.15, 0.2) is 0 Å². The molecule has 1 aromatic carbocycles. The summed E-state index contributed by atoms with van der Waals surface area (Å²) in [6.45, 7) is 3.38. The highest BCUT2D eigenvalue weighted by atomic mass is 19.4. The summed E-state index contributed by atoms with van der Waals surface area (Å²) in [5.74, 6) is -0.290. The number of hydrogen-bond donors (Lipinski definition) is 2. The van der Waals surface area contributed by atoms with E-state index in [1.807, 2.05) is 6.92 Å². The van der Waals surface area contributed by atoms with Gasteiger partial charge in [-0.1, -0.05) is 13.0 Å². The van der Waals surface area contributed by atoms with Gasteiger partial charge in [0, 0.05) is 42.5 Å². The number of amides is 1. The number of hydrogen-bond acceptors (Lipinski definition) is 6. The molecule has 2 aromatic heterocycles. The fraction of sp³-hybridized carbons (Fsp3) is 0.385. The molecule has 3 aromatic rings. The quantitative estimate of drug-likeness (QED) is 0.321. The zero-order chi connectivity index (χ0) is 26.8. The molecule has 0 radical (unpaired) electrons. The molecule has 0 saturated carbocycles. The zero-order valence-electron chi connectivity index (χ0n) is 20.4. The summed E-state index contributed by atoms with van der Waals surface area (Å²) in [7, 11) is 0. The summed E-state index contributed by atoms with van der Waals surface area (Å²) in [5, 5.41) is 0. The van der Waals surface area contributed by atoms with Crippen LogP contribution in [0.15, 0.2) is 47.4 Å². The first-order valence-electron chi connectivity index (χ1n) is 11.9. The molecule has 0 aliphatic carbocycles. The molecule has 0 unspecified atom stereocenters. The third kappa shape index (κ3) is 8.42. The van der Waals surface area contributed by atoms with Crippen molar-refractivity contribution in [2.24, 2.45) is 5.73 Å². The molecule has 0 fully saturated rings. The fourth-order valence-corrected chi connectivity index (χ4v) is 3.62. The summed E-state index contributed by atoms with van der Waals surface area (Å²) in [6, 6.07) is 8.13. The number of pyridine rings is 1. The van der Waals surface area contributed by atoms with Gasteiger partial charge in [0.25, 0.3) is 5.56 Å². The molecule has 198 valence electrons. The van der Waals surface area contributed by atoms with E-state index in [9.17, 15) is 22.8 Å². The lowest BCUT2D eigenvalue weighted by molar-refractivity contribution is -0.137. The Bertz CT molecular complexity index is 1240. The minimum Gasteiger partial charge on any atom is -0.475 e. The van der Waals surface area contributed by atoms with Crippen LogP contribution in [0.3, 0.4) is 0 Å². The molecule has 0 atom stereocenters. The second-order valence-corrected chi connectivity index (χ2v) is 8.38. The Balaban J connectivity index is 1.86. The molecule has 11 heteroatoms. The second kappa shape index (κ2) is 13.0. The number of carbonyl (C=O) groups excluding carboxylic acids is 1. The van der Waals surface area contributed by atoms with E-state index < -0.39 is 23.2 Å². The topological polar surface area (TPSA) is 120 Å². The van der Waals surface area contributed by atoms with Crippen LogP contribution < -0.4 is 16.0 Å². The van der Waals surface area contributed by atoms with E-state index in [1.54, 1.807) is 12.1 Å². The van der Waals surface area contributed by atoms with E-state index in [2.05, 4.69) is 15.0 Å². The van der Waals surface area contributed by atoms with Crippen LogP contribution in [0.5, 0.6) is 5.88 Å². The summed E-state index contributed by atoms with van der Waals surface area (Å²) >= 11 is 0. The minimum absolute atomic E-state index is 0.170. The molecule has 3 N–H and O–H groups in total. The van der Waals surface area contributed by atoms with E-state index in [1.165, 1.54) is 24.4 Å². The van der Waals surface area contributed by atoms with Crippen LogP contribution in [0.1, 0.15) is 43.7 Å². The summed E-state index contributed by atoms with van der Waals surface area (Å²) in [4.78, 5) is 34.2. The molecule has 0 aliphatic heterocycles. The van der Waals surface area contributed by atoms with Crippen LogP contribution in [0.25, 0.3) is 22.6 Å². The van der Waals surface area contributed by atoms with Crippen LogP contribution in [-0.4, -0.2) is 40.7 Å². The van der Waals surface area contributed by atoms with Gasteiger partial charge in [-0.05, 0) is 49.4 Å². The number of alkyl halides is 3. The molecular formula is C26H29F3N4O4. The van der Waals surface area contributed by atoms with Gasteiger partial charge < -0.3 is 20.2 Å². The van der Waals surface area contributed by atoms with Crippen molar-refractivity contribution in [3.63, 3.8) is 0 Å². The Labute approximate surface area is 212 Å². The normalized spacial score (nSPS) is 11.5. The highest BCUT2D eigenvalue weighted by Crippen LogP contribution is 2.37. The highest BCUT2D eigenvalue weighted by molar-refractivity contribution is 5.73. The third-order valence-electron chi connectivity index (χ3n) is 5.38. The lowest BCUT2D eigenvalue weighted by Crippen LogP contribution is -2.13. The molecule has 0 saturated heterocycles. The number of nitrogens with one attached hydrogen (secondary N) is 1. The first kappa shape index (κ1) is 27.9. The Kier molecular flexibility index (Phi) is 9.78. The molecule has 37 heavy (non-hydrogen) atoms. The molecule has 1 amide bonds. The minimum atomic E-state index is -4.66. The van der Waals surface area contributed by atoms with Crippen LogP contribution in [-0.2, 0) is 22.1 Å². The van der Waals surface area contributed by atoms with Crippen LogP contribution >= 0.6 is 0 Å². The number of H-pyrrole nitrogens is 1. The first-order chi connectivity index (χ1) is 17.7. The van der Waals surface area contributed by atoms with Gasteiger partial charge in [-0.2, -0.15) is 13.2 Å². The smallest absolute Gasteiger partial charge is 0.417 e. The zero-order valence-corrected chi connectivity index (χ0v) is 20.4. The fourth-order valence-electron chi connectivity index (χ4n) is 3.62. The van der Waals surface area contributed by atoms with Gasteiger partial charge in [-0.3, -0.25) is 9.59 Å². The van der Waals surface area contributed by atoms with E-state index in [4.69, 9.17) is 15.2 Å². The van der Waals surface area contributed by atoms with Gasteiger partial charge in [0.2, 0.25) is 11.8 Å². The predicted octanol–water partition coefficient (Wildman–Crippen LogP) is 4.52. The Morgan fingerprint density at radius 1 is 1.08 bits per heavy atom. The molecule has 2 heterocycles. The molecule has 0 spiro atoms. The van der Waals surface area contributed by atoms with E-state index in [0.29, 0.717) is 56.1 Å². The lowest BCUT2D eigenvalue weighted by atomic mass is 9.99. The van der Waals surface area contributed by atoms with E-state index >= 15 is 0 Å². The Morgan fingerprint density at radius 2 is 1.89 bits per heavy atom. The first-order valence-corrected chi connectivity index (χ1v) is 11.9. The van der Waals surface area contributed by atoms with Crippen molar-refractivity contribution in [2.75, 3.05) is 19.8 Å². The lowest BCUT2D eigenvalue weighted by Gasteiger charge is -2.15. The summed E-state index contributed by atoms with van der Waals surface area (Å²) < 4.78 is 52.2. The standard InChI is InChI=1S/C26H29F3N4O4/c1-2-11-36-12-13-37-24-10-8-18(16-31-24)21-15-23(35)33-25(32-21)19-14-17(5-3-4-6-22(30)34)7-9-20(19)26(27,28)29/h7-10,14-16H,2-6,11-13H2,1H3,(H2,30,34)(H,32,33,35). The number of halogens is 3. The van der Waals surface area contributed by atoms with Gasteiger partial charge >= 0.3 is 6.18 Å². The molecule has 0 aliphatic rings.